The van der Waals surface area contributed by atoms with Crippen LogP contribution in [0.15, 0.2) is 80.7 Å². The van der Waals surface area contributed by atoms with E-state index in [0.717, 1.165) is 15.9 Å². The molecule has 140 valence electrons. The zero-order chi connectivity index (χ0) is 19.7. The minimum absolute atomic E-state index is 0.0260. The van der Waals surface area contributed by atoms with Crippen LogP contribution in [0.4, 0.5) is 15.8 Å². The number of aromatic nitrogens is 1. The fourth-order valence-electron chi connectivity index (χ4n) is 2.69. The van der Waals surface area contributed by atoms with Crippen LogP contribution in [0.25, 0.3) is 10.9 Å². The molecule has 0 atom stereocenters. The monoisotopic (exact) mass is 431 g/mol. The maximum absolute atomic E-state index is 14.0. The molecular weight excluding hydrogens is 420 g/mol. The Morgan fingerprint density at radius 1 is 0.929 bits per heavy atom. The maximum atomic E-state index is 14.0. The summed E-state index contributed by atoms with van der Waals surface area (Å²) >= 11 is 13.3. The van der Waals surface area contributed by atoms with Crippen molar-refractivity contribution in [2.24, 2.45) is 10.2 Å². The van der Waals surface area contributed by atoms with Gasteiger partial charge >= 0.3 is 0 Å². The first-order valence-corrected chi connectivity index (χ1v) is 9.72. The first-order valence-electron chi connectivity index (χ1n) is 8.15. The van der Waals surface area contributed by atoms with Crippen LogP contribution in [0.5, 0.6) is 5.88 Å². The van der Waals surface area contributed by atoms with Crippen LogP contribution in [0.2, 0.25) is 10.0 Å². The molecule has 1 heterocycles. The molecule has 0 aliphatic carbocycles. The summed E-state index contributed by atoms with van der Waals surface area (Å²) in [6.45, 7) is 0. The topological polar surface area (TPSA) is 60.7 Å². The van der Waals surface area contributed by atoms with E-state index >= 15 is 0 Å². The Morgan fingerprint density at radius 2 is 1.71 bits per heavy atom. The van der Waals surface area contributed by atoms with Gasteiger partial charge in [-0.2, -0.15) is 0 Å². The maximum Gasteiger partial charge on any atom is 0.218 e. The van der Waals surface area contributed by atoms with E-state index in [1.807, 2.05) is 36.4 Å². The van der Waals surface area contributed by atoms with Crippen LogP contribution in [0.3, 0.4) is 0 Å². The molecule has 0 saturated heterocycles. The summed E-state index contributed by atoms with van der Waals surface area (Å²) < 4.78 is 14.0. The Labute approximate surface area is 174 Å². The molecule has 0 aliphatic heterocycles. The Hall–Kier alpha value is -2.54. The second-order valence-electron chi connectivity index (χ2n) is 5.86. The van der Waals surface area contributed by atoms with Gasteiger partial charge in [0.1, 0.15) is 5.69 Å². The normalized spacial score (nSPS) is 11.5. The van der Waals surface area contributed by atoms with Crippen LogP contribution in [-0.4, -0.2) is 10.1 Å². The van der Waals surface area contributed by atoms with Crippen LogP contribution in [0, 0.1) is 5.82 Å². The summed E-state index contributed by atoms with van der Waals surface area (Å²) in [6.07, 6.45) is 0. The van der Waals surface area contributed by atoms with E-state index in [-0.39, 0.29) is 22.3 Å². The molecule has 4 rings (SSSR count). The van der Waals surface area contributed by atoms with E-state index in [1.165, 1.54) is 23.9 Å². The molecule has 0 amide bonds. The van der Waals surface area contributed by atoms with Gasteiger partial charge in [-0.25, -0.2) is 4.39 Å². The van der Waals surface area contributed by atoms with E-state index in [2.05, 4.69) is 15.2 Å². The first-order chi connectivity index (χ1) is 13.5. The quantitative estimate of drug-likeness (QED) is 0.322. The zero-order valence-corrected chi connectivity index (χ0v) is 16.5. The lowest BCUT2D eigenvalue weighted by Crippen LogP contribution is -1.77. The molecule has 0 fully saturated rings. The molecule has 0 spiro atoms. The van der Waals surface area contributed by atoms with Crippen molar-refractivity contribution in [3.63, 3.8) is 0 Å². The minimum atomic E-state index is -0.593. The average molecular weight is 432 g/mol. The standard InChI is InChI=1S/C20H12Cl2FN3OS/c21-11-3-1-4-13(9-11)28-17-6-2-5-16-18(17)19(20(27)24-16)26-25-15-8-7-12(22)10-14(15)23/h1-10,24,27H. The van der Waals surface area contributed by atoms with E-state index in [0.29, 0.717) is 15.9 Å². The Morgan fingerprint density at radius 3 is 2.50 bits per heavy atom. The van der Waals surface area contributed by atoms with Crippen molar-refractivity contribution in [3.8, 4) is 5.88 Å². The second-order valence-corrected chi connectivity index (χ2v) is 7.84. The number of nitrogens with one attached hydrogen (secondary N) is 1. The van der Waals surface area contributed by atoms with E-state index in [1.54, 1.807) is 6.07 Å². The highest BCUT2D eigenvalue weighted by Gasteiger charge is 2.15. The molecule has 0 radical (unpaired) electrons. The van der Waals surface area contributed by atoms with Crippen LogP contribution < -0.4 is 0 Å². The molecule has 2 N–H and O–H groups in total. The van der Waals surface area contributed by atoms with E-state index in [9.17, 15) is 9.50 Å². The molecule has 4 aromatic rings. The van der Waals surface area contributed by atoms with Gasteiger partial charge in [-0.05, 0) is 48.5 Å². The molecular formula is C20H12Cl2FN3OS. The third-order valence-corrected chi connectivity index (χ3v) is 5.45. The number of H-pyrrole nitrogens is 1. The van der Waals surface area contributed by atoms with Crippen LogP contribution >= 0.6 is 35.0 Å². The summed E-state index contributed by atoms with van der Waals surface area (Å²) in [4.78, 5) is 4.66. The number of aromatic amines is 1. The minimum Gasteiger partial charge on any atom is -0.493 e. The van der Waals surface area contributed by atoms with Gasteiger partial charge in [0, 0.05) is 25.2 Å². The van der Waals surface area contributed by atoms with Crippen molar-refractivity contribution >= 4 is 57.2 Å². The first kappa shape index (κ1) is 18.8. The lowest BCUT2D eigenvalue weighted by atomic mass is 10.2. The highest BCUT2D eigenvalue weighted by Crippen LogP contribution is 2.43. The molecule has 28 heavy (non-hydrogen) atoms. The molecule has 0 unspecified atom stereocenters. The highest BCUT2D eigenvalue weighted by atomic mass is 35.5. The van der Waals surface area contributed by atoms with E-state index < -0.39 is 5.82 Å². The predicted molar refractivity (Wildman–Crippen MR) is 111 cm³/mol. The number of halogens is 3. The molecule has 3 aromatic carbocycles. The van der Waals surface area contributed by atoms with Gasteiger partial charge < -0.3 is 10.1 Å². The lowest BCUT2D eigenvalue weighted by molar-refractivity contribution is 0.459. The number of benzene rings is 3. The van der Waals surface area contributed by atoms with Crippen molar-refractivity contribution in [2.75, 3.05) is 0 Å². The van der Waals surface area contributed by atoms with Gasteiger partial charge in [0.15, 0.2) is 11.5 Å². The number of hydrogen-bond donors (Lipinski definition) is 2. The van der Waals surface area contributed by atoms with Crippen molar-refractivity contribution in [1.29, 1.82) is 0 Å². The highest BCUT2D eigenvalue weighted by molar-refractivity contribution is 7.99. The molecule has 4 nitrogen and oxygen atoms in total. The van der Waals surface area contributed by atoms with Crippen molar-refractivity contribution < 1.29 is 9.50 Å². The number of hydrogen-bond acceptors (Lipinski definition) is 4. The van der Waals surface area contributed by atoms with Gasteiger partial charge in [0.05, 0.1) is 5.52 Å². The third-order valence-electron chi connectivity index (χ3n) is 3.93. The fraction of sp³-hybridized carbons (Fsp3) is 0. The van der Waals surface area contributed by atoms with Crippen LogP contribution in [-0.2, 0) is 0 Å². The average Bonchev–Trinajstić information content (AvgIpc) is 2.97. The van der Waals surface area contributed by atoms with Gasteiger partial charge in [-0.3, -0.25) is 0 Å². The zero-order valence-electron chi connectivity index (χ0n) is 14.2. The van der Waals surface area contributed by atoms with Gasteiger partial charge in [-0.1, -0.05) is 47.1 Å². The molecule has 0 bridgehead atoms. The number of nitrogens with zero attached hydrogens (tertiary/aromatic N) is 2. The fourth-order valence-corrected chi connectivity index (χ4v) is 4.15. The van der Waals surface area contributed by atoms with Crippen molar-refractivity contribution in [1.82, 2.24) is 4.98 Å². The number of azo groups is 1. The molecule has 8 heteroatoms. The summed E-state index contributed by atoms with van der Waals surface area (Å²) in [5, 5.41) is 19.9. The lowest BCUT2D eigenvalue weighted by Gasteiger charge is -2.05. The SMILES string of the molecule is Oc1[nH]c2cccc(Sc3cccc(Cl)c3)c2c1N=Nc1ccc(Cl)cc1F. The Bertz CT molecular complexity index is 1210. The summed E-state index contributed by atoms with van der Waals surface area (Å²) in [5.41, 5.74) is 0.947. The Balaban J connectivity index is 1.78. The third kappa shape index (κ3) is 3.85. The molecule has 1 aromatic heterocycles. The predicted octanol–water partition coefficient (Wildman–Crippen LogP) is 7.89. The van der Waals surface area contributed by atoms with Gasteiger partial charge in [0.2, 0.25) is 5.88 Å². The molecule has 0 saturated carbocycles. The summed E-state index contributed by atoms with van der Waals surface area (Å²) in [5.74, 6) is -0.739. The second kappa shape index (κ2) is 7.83. The van der Waals surface area contributed by atoms with Crippen molar-refractivity contribution in [3.05, 3.63) is 76.5 Å². The van der Waals surface area contributed by atoms with Gasteiger partial charge in [0.25, 0.3) is 0 Å². The smallest absolute Gasteiger partial charge is 0.218 e. The Kier molecular flexibility index (Phi) is 5.26. The summed E-state index contributed by atoms with van der Waals surface area (Å²) in [6, 6.07) is 17.1. The number of aromatic hydroxyl groups is 1. The largest absolute Gasteiger partial charge is 0.493 e. The van der Waals surface area contributed by atoms with Crippen molar-refractivity contribution in [2.45, 2.75) is 9.79 Å². The summed E-state index contributed by atoms with van der Waals surface area (Å²) in [7, 11) is 0. The number of fused-ring (bicyclic) bond motifs is 1. The molecule has 0 aliphatic rings. The van der Waals surface area contributed by atoms with Crippen LogP contribution in [0.1, 0.15) is 0 Å². The number of rotatable bonds is 4. The van der Waals surface area contributed by atoms with Gasteiger partial charge in [-0.15, -0.1) is 10.2 Å². The van der Waals surface area contributed by atoms with E-state index in [4.69, 9.17) is 23.2 Å².